The summed E-state index contributed by atoms with van der Waals surface area (Å²) >= 11 is 3.34. The summed E-state index contributed by atoms with van der Waals surface area (Å²) in [6, 6.07) is 4.42. The lowest BCUT2D eigenvalue weighted by Crippen LogP contribution is -2.02. The van der Waals surface area contributed by atoms with Crippen LogP contribution in [0.15, 0.2) is 35.1 Å². The van der Waals surface area contributed by atoms with Gasteiger partial charge in [-0.15, -0.1) is 0 Å². The largest absolute Gasteiger partial charge is 0.369 e. The Hall–Kier alpha value is -1.69. The molecule has 94 valence electrons. The summed E-state index contributed by atoms with van der Waals surface area (Å²) in [5, 5.41) is 6.07. The monoisotopic (exact) mass is 310 g/mol. The first-order chi connectivity index (χ1) is 8.69. The van der Waals surface area contributed by atoms with Crippen molar-refractivity contribution in [2.24, 2.45) is 0 Å². The van der Waals surface area contributed by atoms with Gasteiger partial charge in [0.15, 0.2) is 5.82 Å². The van der Waals surface area contributed by atoms with Crippen molar-refractivity contribution in [2.45, 2.75) is 6.92 Å². The van der Waals surface area contributed by atoms with Crippen LogP contribution >= 0.6 is 15.9 Å². The number of anilines is 3. The van der Waals surface area contributed by atoms with Gasteiger partial charge in [0.05, 0.1) is 18.1 Å². The fraction of sp³-hybridized carbons (Fsp3) is 0.167. The highest BCUT2D eigenvalue weighted by Crippen LogP contribution is 2.25. The first-order valence-electron chi connectivity index (χ1n) is 5.47. The predicted octanol–water partition coefficient (Wildman–Crippen LogP) is 3.55. The Morgan fingerprint density at radius 1 is 1.28 bits per heavy atom. The number of nitrogens with one attached hydrogen (secondary N) is 2. The van der Waals surface area contributed by atoms with Crippen LogP contribution in [0.4, 0.5) is 21.7 Å². The van der Waals surface area contributed by atoms with E-state index in [0.29, 0.717) is 17.3 Å². The van der Waals surface area contributed by atoms with Gasteiger partial charge in [0.1, 0.15) is 11.6 Å². The second-order valence-electron chi connectivity index (χ2n) is 3.57. The van der Waals surface area contributed by atoms with E-state index in [9.17, 15) is 4.39 Å². The molecule has 0 radical (unpaired) electrons. The van der Waals surface area contributed by atoms with Crippen molar-refractivity contribution < 1.29 is 4.39 Å². The SMILES string of the molecule is CCNc1cncc(Nc2cc(F)ccc2Br)n1. The average Bonchev–Trinajstić information content (AvgIpc) is 2.35. The van der Waals surface area contributed by atoms with Gasteiger partial charge in [0.25, 0.3) is 0 Å². The lowest BCUT2D eigenvalue weighted by atomic mass is 10.3. The average molecular weight is 311 g/mol. The van der Waals surface area contributed by atoms with Crippen LogP contribution in [-0.4, -0.2) is 16.5 Å². The summed E-state index contributed by atoms with van der Waals surface area (Å²) in [7, 11) is 0. The van der Waals surface area contributed by atoms with Gasteiger partial charge in [-0.25, -0.2) is 9.37 Å². The Bertz CT molecular complexity index is 547. The van der Waals surface area contributed by atoms with E-state index in [1.54, 1.807) is 18.5 Å². The van der Waals surface area contributed by atoms with Crippen molar-refractivity contribution in [3.63, 3.8) is 0 Å². The maximum atomic E-state index is 13.1. The van der Waals surface area contributed by atoms with Gasteiger partial charge in [-0.05, 0) is 41.1 Å². The number of nitrogens with zero attached hydrogens (tertiary/aromatic N) is 2. The lowest BCUT2D eigenvalue weighted by molar-refractivity contribution is 0.628. The Balaban J connectivity index is 2.22. The zero-order valence-corrected chi connectivity index (χ0v) is 11.3. The quantitative estimate of drug-likeness (QED) is 0.906. The van der Waals surface area contributed by atoms with Gasteiger partial charge < -0.3 is 10.6 Å². The highest BCUT2D eigenvalue weighted by molar-refractivity contribution is 9.10. The molecule has 0 spiro atoms. The van der Waals surface area contributed by atoms with Crippen LogP contribution in [0.5, 0.6) is 0 Å². The minimum absolute atomic E-state index is 0.309. The van der Waals surface area contributed by atoms with E-state index < -0.39 is 0 Å². The topological polar surface area (TPSA) is 49.8 Å². The molecule has 0 saturated carbocycles. The number of hydrogen-bond donors (Lipinski definition) is 2. The van der Waals surface area contributed by atoms with Crippen LogP contribution in [0.2, 0.25) is 0 Å². The Kier molecular flexibility index (Phi) is 4.09. The van der Waals surface area contributed by atoms with Crippen LogP contribution in [0.1, 0.15) is 6.92 Å². The lowest BCUT2D eigenvalue weighted by Gasteiger charge is -2.09. The Morgan fingerprint density at radius 2 is 2.06 bits per heavy atom. The van der Waals surface area contributed by atoms with Crippen LogP contribution < -0.4 is 10.6 Å². The van der Waals surface area contributed by atoms with Crippen molar-refractivity contribution in [2.75, 3.05) is 17.2 Å². The summed E-state index contributed by atoms with van der Waals surface area (Å²) in [4.78, 5) is 8.36. The molecular formula is C12H12BrFN4. The van der Waals surface area contributed by atoms with Crippen LogP contribution in [-0.2, 0) is 0 Å². The molecule has 0 aliphatic rings. The van der Waals surface area contributed by atoms with Gasteiger partial charge in [-0.2, -0.15) is 0 Å². The van der Waals surface area contributed by atoms with Gasteiger partial charge >= 0.3 is 0 Å². The second kappa shape index (κ2) is 5.77. The number of rotatable bonds is 4. The number of halogens is 2. The molecule has 0 bridgehead atoms. The third-order valence-electron chi connectivity index (χ3n) is 2.18. The molecule has 18 heavy (non-hydrogen) atoms. The van der Waals surface area contributed by atoms with E-state index in [4.69, 9.17) is 0 Å². The highest BCUT2D eigenvalue weighted by Gasteiger charge is 2.04. The summed E-state index contributed by atoms with van der Waals surface area (Å²) in [6.45, 7) is 2.74. The first kappa shape index (κ1) is 12.8. The van der Waals surface area contributed by atoms with Crippen LogP contribution in [0.3, 0.4) is 0 Å². The maximum absolute atomic E-state index is 13.1. The van der Waals surface area contributed by atoms with Gasteiger partial charge in [-0.1, -0.05) is 0 Å². The van der Waals surface area contributed by atoms with Crippen molar-refractivity contribution in [1.29, 1.82) is 0 Å². The van der Waals surface area contributed by atoms with Crippen molar-refractivity contribution >= 4 is 33.3 Å². The van der Waals surface area contributed by atoms with Gasteiger partial charge in [0, 0.05) is 11.0 Å². The van der Waals surface area contributed by atoms with E-state index in [0.717, 1.165) is 11.0 Å². The fourth-order valence-corrected chi connectivity index (χ4v) is 1.77. The summed E-state index contributed by atoms with van der Waals surface area (Å²) < 4.78 is 13.9. The summed E-state index contributed by atoms with van der Waals surface area (Å²) in [5.74, 6) is 0.922. The smallest absolute Gasteiger partial charge is 0.151 e. The van der Waals surface area contributed by atoms with E-state index in [2.05, 4.69) is 36.5 Å². The second-order valence-corrected chi connectivity index (χ2v) is 4.42. The van der Waals surface area contributed by atoms with E-state index in [-0.39, 0.29) is 5.82 Å². The Labute approximate surface area is 113 Å². The zero-order valence-electron chi connectivity index (χ0n) is 9.74. The molecule has 1 aromatic carbocycles. The predicted molar refractivity (Wildman–Crippen MR) is 73.6 cm³/mol. The molecule has 0 aliphatic heterocycles. The van der Waals surface area contributed by atoms with Crippen molar-refractivity contribution in [1.82, 2.24) is 9.97 Å². The normalized spacial score (nSPS) is 10.2. The molecule has 0 fully saturated rings. The zero-order chi connectivity index (χ0) is 13.0. The number of hydrogen-bond acceptors (Lipinski definition) is 4. The number of benzene rings is 1. The summed E-state index contributed by atoms with van der Waals surface area (Å²) in [5.41, 5.74) is 0.609. The third kappa shape index (κ3) is 3.16. The minimum Gasteiger partial charge on any atom is -0.369 e. The molecule has 1 heterocycles. The molecule has 4 nitrogen and oxygen atoms in total. The molecule has 6 heteroatoms. The Morgan fingerprint density at radius 3 is 2.83 bits per heavy atom. The standard InChI is InChI=1S/C12H12BrFN4/c1-2-16-11-6-15-7-12(18-11)17-10-5-8(14)3-4-9(10)13/h3-7H,2H2,1H3,(H2,16,17,18). The van der Waals surface area contributed by atoms with Gasteiger partial charge in [0.2, 0.25) is 0 Å². The molecule has 1 aromatic heterocycles. The summed E-state index contributed by atoms with van der Waals surface area (Å²) in [6.07, 6.45) is 3.22. The highest BCUT2D eigenvalue weighted by atomic mass is 79.9. The van der Waals surface area contributed by atoms with Gasteiger partial charge in [-0.3, -0.25) is 4.98 Å². The maximum Gasteiger partial charge on any atom is 0.151 e. The van der Waals surface area contributed by atoms with Crippen LogP contribution in [0, 0.1) is 5.82 Å². The van der Waals surface area contributed by atoms with E-state index >= 15 is 0 Å². The molecule has 0 saturated heterocycles. The first-order valence-corrected chi connectivity index (χ1v) is 6.26. The molecule has 0 aliphatic carbocycles. The number of aromatic nitrogens is 2. The molecule has 2 aromatic rings. The van der Waals surface area contributed by atoms with E-state index in [1.807, 2.05) is 6.92 Å². The van der Waals surface area contributed by atoms with Crippen molar-refractivity contribution in [3.05, 3.63) is 40.9 Å². The molecule has 0 amide bonds. The molecule has 0 unspecified atom stereocenters. The molecule has 0 atom stereocenters. The van der Waals surface area contributed by atoms with Crippen molar-refractivity contribution in [3.8, 4) is 0 Å². The molecular weight excluding hydrogens is 299 g/mol. The van der Waals surface area contributed by atoms with Crippen LogP contribution in [0.25, 0.3) is 0 Å². The molecule has 2 N–H and O–H groups in total. The third-order valence-corrected chi connectivity index (χ3v) is 2.88. The fourth-order valence-electron chi connectivity index (χ4n) is 1.42. The van der Waals surface area contributed by atoms with E-state index in [1.165, 1.54) is 12.1 Å². The minimum atomic E-state index is -0.309. The molecule has 2 rings (SSSR count).